The van der Waals surface area contributed by atoms with Crippen molar-refractivity contribution in [2.45, 2.75) is 84.4 Å². The van der Waals surface area contributed by atoms with Crippen LogP contribution in [0.15, 0.2) is 4.99 Å². The van der Waals surface area contributed by atoms with Crippen molar-refractivity contribution in [2.24, 2.45) is 4.99 Å². The molecule has 146 valence electrons. The van der Waals surface area contributed by atoms with Crippen molar-refractivity contribution < 1.29 is 9.53 Å². The Kier molecular flexibility index (Phi) is 10.5. The van der Waals surface area contributed by atoms with Crippen LogP contribution in [0.3, 0.4) is 0 Å². The molecule has 25 heavy (non-hydrogen) atoms. The van der Waals surface area contributed by atoms with E-state index in [0.29, 0.717) is 18.5 Å². The number of carbonyl (C=O) groups is 1. The maximum atomic E-state index is 11.8. The highest BCUT2D eigenvalue weighted by Crippen LogP contribution is 2.21. The summed E-state index contributed by atoms with van der Waals surface area (Å²) in [4.78, 5) is 18.5. The number of ether oxygens (including phenoxy) is 1. The van der Waals surface area contributed by atoms with Gasteiger partial charge in [0.25, 0.3) is 0 Å². The van der Waals surface area contributed by atoms with Crippen molar-refractivity contribution >= 4 is 11.9 Å². The Bertz CT molecular complexity index is 396. The van der Waals surface area contributed by atoms with E-state index in [0.717, 1.165) is 44.9 Å². The maximum Gasteiger partial charge on any atom is 0.306 e. The molecule has 0 atom stereocenters. The minimum Gasteiger partial charge on any atom is -0.462 e. The van der Waals surface area contributed by atoms with Gasteiger partial charge in [-0.3, -0.25) is 14.7 Å². The molecule has 1 aliphatic carbocycles. The Labute approximate surface area is 153 Å². The third-order valence-corrected chi connectivity index (χ3v) is 4.66. The fraction of sp³-hybridized carbons (Fsp3) is 0.895. The molecule has 1 saturated carbocycles. The predicted octanol–water partition coefficient (Wildman–Crippen LogP) is 2.54. The second kappa shape index (κ2) is 12.1. The van der Waals surface area contributed by atoms with Gasteiger partial charge < -0.3 is 15.4 Å². The van der Waals surface area contributed by atoms with Gasteiger partial charge in [-0.05, 0) is 59.8 Å². The van der Waals surface area contributed by atoms with Gasteiger partial charge in [-0.1, -0.05) is 0 Å². The number of esters is 1. The number of nitrogens with one attached hydrogen (secondary N) is 2. The van der Waals surface area contributed by atoms with Crippen LogP contribution in [-0.4, -0.2) is 61.7 Å². The highest BCUT2D eigenvalue weighted by molar-refractivity contribution is 5.79. The van der Waals surface area contributed by atoms with Crippen molar-refractivity contribution in [3.8, 4) is 0 Å². The Morgan fingerprint density at radius 1 is 1.12 bits per heavy atom. The Hall–Kier alpha value is -1.30. The highest BCUT2D eigenvalue weighted by Gasteiger charge is 2.18. The van der Waals surface area contributed by atoms with Crippen LogP contribution in [0.5, 0.6) is 0 Å². The van der Waals surface area contributed by atoms with E-state index in [1.54, 1.807) is 7.05 Å². The Morgan fingerprint density at radius 3 is 2.28 bits per heavy atom. The van der Waals surface area contributed by atoms with E-state index in [2.05, 4.69) is 48.2 Å². The quantitative estimate of drug-likeness (QED) is 0.273. The summed E-state index contributed by atoms with van der Waals surface area (Å²) in [7, 11) is 1.77. The standard InChI is InChI=1S/C19H38N4O2/c1-15(2)23(16(3)4)14-13-22-19(20-5)21-12-8-11-18(24)25-17-9-6-7-10-17/h15-17H,6-14H2,1-5H3,(H2,20,21,22). The molecule has 0 spiro atoms. The summed E-state index contributed by atoms with van der Waals surface area (Å²) in [5.74, 6) is 0.720. The minimum absolute atomic E-state index is 0.0684. The number of hydrogen-bond acceptors (Lipinski definition) is 4. The van der Waals surface area contributed by atoms with Gasteiger partial charge in [-0.25, -0.2) is 0 Å². The predicted molar refractivity (Wildman–Crippen MR) is 104 cm³/mol. The zero-order valence-corrected chi connectivity index (χ0v) is 16.8. The first-order chi connectivity index (χ1) is 11.9. The summed E-state index contributed by atoms with van der Waals surface area (Å²) in [5, 5.41) is 6.60. The number of aliphatic imine (C=N–C) groups is 1. The zero-order chi connectivity index (χ0) is 18.7. The number of nitrogens with zero attached hydrogens (tertiary/aromatic N) is 2. The molecule has 0 amide bonds. The SMILES string of the molecule is CN=C(NCCCC(=O)OC1CCCC1)NCCN(C(C)C)C(C)C. The zero-order valence-electron chi connectivity index (χ0n) is 16.8. The van der Waals surface area contributed by atoms with E-state index >= 15 is 0 Å². The molecule has 0 aromatic rings. The molecule has 0 aliphatic heterocycles. The molecule has 0 aromatic carbocycles. The first-order valence-corrected chi connectivity index (χ1v) is 9.83. The van der Waals surface area contributed by atoms with Gasteiger partial charge in [0.2, 0.25) is 0 Å². The monoisotopic (exact) mass is 354 g/mol. The second-order valence-electron chi connectivity index (χ2n) is 7.35. The van der Waals surface area contributed by atoms with E-state index in [4.69, 9.17) is 4.74 Å². The summed E-state index contributed by atoms with van der Waals surface area (Å²) in [6.45, 7) is 11.4. The summed E-state index contributed by atoms with van der Waals surface area (Å²) >= 11 is 0. The molecule has 0 unspecified atom stereocenters. The van der Waals surface area contributed by atoms with Crippen LogP contribution in [0.2, 0.25) is 0 Å². The number of carbonyl (C=O) groups excluding carboxylic acids is 1. The smallest absolute Gasteiger partial charge is 0.306 e. The lowest BCUT2D eigenvalue weighted by molar-refractivity contribution is -0.148. The first kappa shape index (κ1) is 21.7. The number of hydrogen-bond donors (Lipinski definition) is 2. The topological polar surface area (TPSA) is 66.0 Å². The normalized spacial score (nSPS) is 16.1. The molecular formula is C19H38N4O2. The Balaban J connectivity index is 2.14. The van der Waals surface area contributed by atoms with Gasteiger partial charge in [-0.2, -0.15) is 0 Å². The molecule has 1 aliphatic rings. The van der Waals surface area contributed by atoms with Gasteiger partial charge >= 0.3 is 5.97 Å². The summed E-state index contributed by atoms with van der Waals surface area (Å²) in [6.07, 6.45) is 5.83. The average molecular weight is 355 g/mol. The third-order valence-electron chi connectivity index (χ3n) is 4.66. The summed E-state index contributed by atoms with van der Waals surface area (Å²) in [6, 6.07) is 1.06. The van der Waals surface area contributed by atoms with Crippen molar-refractivity contribution in [1.82, 2.24) is 15.5 Å². The molecule has 6 heteroatoms. The van der Waals surface area contributed by atoms with Crippen LogP contribution in [0.1, 0.15) is 66.2 Å². The van der Waals surface area contributed by atoms with E-state index in [1.807, 2.05) is 0 Å². The van der Waals surface area contributed by atoms with E-state index in [-0.39, 0.29) is 12.1 Å². The van der Waals surface area contributed by atoms with E-state index in [1.165, 1.54) is 12.8 Å². The lowest BCUT2D eigenvalue weighted by Gasteiger charge is -2.30. The molecule has 0 aromatic heterocycles. The molecule has 2 N–H and O–H groups in total. The van der Waals surface area contributed by atoms with Crippen LogP contribution in [0.25, 0.3) is 0 Å². The van der Waals surface area contributed by atoms with Gasteiger partial charge in [-0.15, -0.1) is 0 Å². The van der Waals surface area contributed by atoms with Crippen LogP contribution in [-0.2, 0) is 9.53 Å². The Morgan fingerprint density at radius 2 is 1.72 bits per heavy atom. The van der Waals surface area contributed by atoms with Crippen LogP contribution in [0, 0.1) is 0 Å². The average Bonchev–Trinajstić information content (AvgIpc) is 3.05. The van der Waals surface area contributed by atoms with E-state index in [9.17, 15) is 4.79 Å². The molecular weight excluding hydrogens is 316 g/mol. The van der Waals surface area contributed by atoms with Gasteiger partial charge in [0.1, 0.15) is 6.10 Å². The van der Waals surface area contributed by atoms with Gasteiger partial charge in [0, 0.05) is 45.2 Å². The fourth-order valence-corrected chi connectivity index (χ4v) is 3.33. The lowest BCUT2D eigenvalue weighted by atomic mass is 10.2. The largest absolute Gasteiger partial charge is 0.462 e. The fourth-order valence-electron chi connectivity index (χ4n) is 3.33. The van der Waals surface area contributed by atoms with E-state index < -0.39 is 0 Å². The molecule has 0 bridgehead atoms. The van der Waals surface area contributed by atoms with Crippen molar-refractivity contribution in [3.05, 3.63) is 0 Å². The third kappa shape index (κ3) is 9.10. The molecule has 6 nitrogen and oxygen atoms in total. The molecule has 0 radical (unpaired) electrons. The molecule has 1 rings (SSSR count). The molecule has 0 saturated heterocycles. The highest BCUT2D eigenvalue weighted by atomic mass is 16.5. The first-order valence-electron chi connectivity index (χ1n) is 9.83. The van der Waals surface area contributed by atoms with Gasteiger partial charge in [0.05, 0.1) is 0 Å². The van der Waals surface area contributed by atoms with Crippen molar-refractivity contribution in [3.63, 3.8) is 0 Å². The molecule has 1 fully saturated rings. The van der Waals surface area contributed by atoms with Crippen molar-refractivity contribution in [2.75, 3.05) is 26.7 Å². The second-order valence-corrected chi connectivity index (χ2v) is 7.35. The van der Waals surface area contributed by atoms with Crippen molar-refractivity contribution in [1.29, 1.82) is 0 Å². The maximum absolute atomic E-state index is 11.8. The summed E-state index contributed by atoms with van der Waals surface area (Å²) < 4.78 is 5.46. The van der Waals surface area contributed by atoms with Crippen LogP contribution < -0.4 is 10.6 Å². The van der Waals surface area contributed by atoms with Crippen LogP contribution >= 0.6 is 0 Å². The van der Waals surface area contributed by atoms with Crippen LogP contribution in [0.4, 0.5) is 0 Å². The number of rotatable bonds is 10. The van der Waals surface area contributed by atoms with Gasteiger partial charge in [0.15, 0.2) is 5.96 Å². The lowest BCUT2D eigenvalue weighted by Crippen LogP contribution is -2.45. The number of guanidine groups is 1. The summed E-state index contributed by atoms with van der Waals surface area (Å²) in [5.41, 5.74) is 0. The minimum atomic E-state index is -0.0684. The molecule has 0 heterocycles.